The predicted octanol–water partition coefficient (Wildman–Crippen LogP) is 4.99. The minimum atomic E-state index is -3.01. The molecule has 27 heavy (non-hydrogen) atoms. The Bertz CT molecular complexity index is 946. The molecule has 140 valence electrons. The molecule has 0 saturated carbocycles. The normalized spacial score (nSPS) is 10.7. The lowest BCUT2D eigenvalue weighted by molar-refractivity contribution is -0.0493. The summed E-state index contributed by atoms with van der Waals surface area (Å²) >= 11 is 6.32. The standard InChI is InChI=1S/C19H15ClF2N2O3/c1-26-17-11-15(24-8-4-5-9-24)13(20)10-12(17)18(25)23-14-6-2-3-7-16(14)27-19(21)22/h2-11,19H,1H3,(H,23,25). The van der Waals surface area contributed by atoms with Crippen molar-refractivity contribution in [2.24, 2.45) is 0 Å². The number of methoxy groups -OCH3 is 1. The molecule has 5 nitrogen and oxygen atoms in total. The monoisotopic (exact) mass is 392 g/mol. The summed E-state index contributed by atoms with van der Waals surface area (Å²) < 4.78 is 36.6. The Balaban J connectivity index is 1.93. The number of nitrogens with zero attached hydrogens (tertiary/aromatic N) is 1. The largest absolute Gasteiger partial charge is 0.496 e. The van der Waals surface area contributed by atoms with E-state index in [0.717, 1.165) is 0 Å². The lowest BCUT2D eigenvalue weighted by Crippen LogP contribution is -2.15. The summed E-state index contributed by atoms with van der Waals surface area (Å²) in [6, 6.07) is 12.7. The smallest absolute Gasteiger partial charge is 0.387 e. The van der Waals surface area contributed by atoms with Gasteiger partial charge in [-0.25, -0.2) is 0 Å². The van der Waals surface area contributed by atoms with Crippen molar-refractivity contribution in [2.75, 3.05) is 12.4 Å². The van der Waals surface area contributed by atoms with Gasteiger partial charge in [-0.15, -0.1) is 0 Å². The van der Waals surface area contributed by atoms with Gasteiger partial charge in [0, 0.05) is 18.5 Å². The van der Waals surface area contributed by atoms with E-state index in [9.17, 15) is 13.6 Å². The van der Waals surface area contributed by atoms with Crippen LogP contribution >= 0.6 is 11.6 Å². The molecular formula is C19H15ClF2N2O3. The molecule has 0 atom stereocenters. The van der Waals surface area contributed by atoms with E-state index >= 15 is 0 Å². The van der Waals surface area contributed by atoms with Gasteiger partial charge in [0.2, 0.25) is 0 Å². The quantitative estimate of drug-likeness (QED) is 0.642. The third kappa shape index (κ3) is 4.20. The maximum atomic E-state index is 12.7. The summed E-state index contributed by atoms with van der Waals surface area (Å²) in [4.78, 5) is 12.7. The van der Waals surface area contributed by atoms with Crippen molar-refractivity contribution in [1.82, 2.24) is 4.57 Å². The number of rotatable bonds is 6. The van der Waals surface area contributed by atoms with Gasteiger partial charge in [-0.3, -0.25) is 4.79 Å². The third-order valence-electron chi connectivity index (χ3n) is 3.75. The van der Waals surface area contributed by atoms with E-state index in [0.29, 0.717) is 10.7 Å². The van der Waals surface area contributed by atoms with Crippen LogP contribution in [-0.4, -0.2) is 24.2 Å². The SMILES string of the molecule is COc1cc(-n2cccc2)c(Cl)cc1C(=O)Nc1ccccc1OC(F)F. The van der Waals surface area contributed by atoms with Crippen molar-refractivity contribution < 1.29 is 23.0 Å². The second-order valence-electron chi connectivity index (χ2n) is 5.42. The molecule has 0 spiro atoms. The summed E-state index contributed by atoms with van der Waals surface area (Å²) in [6.45, 7) is -3.01. The summed E-state index contributed by atoms with van der Waals surface area (Å²) in [6.07, 6.45) is 3.61. The molecule has 8 heteroatoms. The Morgan fingerprint density at radius 2 is 1.81 bits per heavy atom. The summed E-state index contributed by atoms with van der Waals surface area (Å²) in [5.41, 5.74) is 0.900. The number of carbonyl (C=O) groups is 1. The first kappa shape index (κ1) is 18.7. The van der Waals surface area contributed by atoms with E-state index in [-0.39, 0.29) is 22.7 Å². The highest BCUT2D eigenvalue weighted by atomic mass is 35.5. The number of hydrogen-bond donors (Lipinski definition) is 1. The Kier molecular flexibility index (Phi) is 5.61. The van der Waals surface area contributed by atoms with Crippen molar-refractivity contribution >= 4 is 23.2 Å². The predicted molar refractivity (Wildman–Crippen MR) is 98.4 cm³/mol. The van der Waals surface area contributed by atoms with Gasteiger partial charge in [-0.2, -0.15) is 8.78 Å². The number of carbonyl (C=O) groups excluding carboxylic acids is 1. The maximum Gasteiger partial charge on any atom is 0.387 e. The number of hydrogen-bond acceptors (Lipinski definition) is 3. The fourth-order valence-corrected chi connectivity index (χ4v) is 2.80. The first-order chi connectivity index (χ1) is 13.0. The van der Waals surface area contributed by atoms with Gasteiger partial charge in [0.15, 0.2) is 0 Å². The number of aromatic nitrogens is 1. The van der Waals surface area contributed by atoms with Gasteiger partial charge in [0.05, 0.1) is 29.1 Å². The lowest BCUT2D eigenvalue weighted by atomic mass is 10.1. The molecule has 1 aromatic heterocycles. The summed E-state index contributed by atoms with van der Waals surface area (Å²) in [5, 5.41) is 2.87. The van der Waals surface area contributed by atoms with Crippen molar-refractivity contribution in [2.45, 2.75) is 6.61 Å². The average molecular weight is 393 g/mol. The molecule has 1 heterocycles. The van der Waals surface area contributed by atoms with E-state index in [1.54, 1.807) is 29.1 Å². The number of anilines is 1. The molecular weight excluding hydrogens is 378 g/mol. The topological polar surface area (TPSA) is 52.5 Å². The van der Waals surface area contributed by atoms with Crippen molar-refractivity contribution in [1.29, 1.82) is 0 Å². The highest BCUT2D eigenvalue weighted by molar-refractivity contribution is 6.33. The number of halogens is 3. The Hall–Kier alpha value is -3.06. The van der Waals surface area contributed by atoms with Crippen LogP contribution in [0.2, 0.25) is 5.02 Å². The number of nitrogens with one attached hydrogen (secondary N) is 1. The van der Waals surface area contributed by atoms with Gasteiger partial charge in [-0.1, -0.05) is 23.7 Å². The molecule has 0 saturated heterocycles. The molecule has 0 aliphatic carbocycles. The highest BCUT2D eigenvalue weighted by Crippen LogP contribution is 2.32. The van der Waals surface area contributed by atoms with E-state index < -0.39 is 12.5 Å². The molecule has 3 rings (SSSR count). The molecule has 3 aromatic rings. The van der Waals surface area contributed by atoms with Gasteiger partial charge in [0.1, 0.15) is 11.5 Å². The van der Waals surface area contributed by atoms with Gasteiger partial charge in [0.25, 0.3) is 5.91 Å². The fourth-order valence-electron chi connectivity index (χ4n) is 2.54. The number of para-hydroxylation sites is 2. The van der Waals surface area contributed by atoms with Crippen LogP contribution in [0.3, 0.4) is 0 Å². The molecule has 0 unspecified atom stereocenters. The average Bonchev–Trinajstić information content (AvgIpc) is 3.17. The van der Waals surface area contributed by atoms with Gasteiger partial charge < -0.3 is 19.4 Å². The van der Waals surface area contributed by atoms with E-state index in [1.165, 1.54) is 31.4 Å². The van der Waals surface area contributed by atoms with Crippen LogP contribution in [0.5, 0.6) is 11.5 Å². The Morgan fingerprint density at radius 1 is 1.11 bits per heavy atom. The Morgan fingerprint density at radius 3 is 2.48 bits per heavy atom. The second kappa shape index (κ2) is 8.09. The minimum Gasteiger partial charge on any atom is -0.496 e. The molecule has 2 aromatic carbocycles. The first-order valence-electron chi connectivity index (χ1n) is 7.85. The molecule has 0 fully saturated rings. The zero-order valence-electron chi connectivity index (χ0n) is 14.2. The fraction of sp³-hybridized carbons (Fsp3) is 0.105. The van der Waals surface area contributed by atoms with E-state index in [1.807, 2.05) is 12.1 Å². The van der Waals surface area contributed by atoms with E-state index in [4.69, 9.17) is 16.3 Å². The second-order valence-corrected chi connectivity index (χ2v) is 5.83. The molecule has 0 radical (unpaired) electrons. The van der Waals surface area contributed by atoms with Crippen LogP contribution in [0.25, 0.3) is 5.69 Å². The zero-order valence-corrected chi connectivity index (χ0v) is 14.9. The highest BCUT2D eigenvalue weighted by Gasteiger charge is 2.19. The van der Waals surface area contributed by atoms with Crippen LogP contribution in [0.4, 0.5) is 14.5 Å². The van der Waals surface area contributed by atoms with Gasteiger partial charge >= 0.3 is 6.61 Å². The van der Waals surface area contributed by atoms with Crippen LogP contribution in [0.1, 0.15) is 10.4 Å². The third-order valence-corrected chi connectivity index (χ3v) is 4.05. The number of benzene rings is 2. The van der Waals surface area contributed by atoms with Crippen molar-refractivity contribution in [3.05, 3.63) is 71.5 Å². The van der Waals surface area contributed by atoms with Crippen molar-refractivity contribution in [3.63, 3.8) is 0 Å². The van der Waals surface area contributed by atoms with Crippen LogP contribution in [-0.2, 0) is 0 Å². The van der Waals surface area contributed by atoms with Crippen LogP contribution in [0, 0.1) is 0 Å². The summed E-state index contributed by atoms with van der Waals surface area (Å²) in [7, 11) is 1.42. The number of ether oxygens (including phenoxy) is 2. The van der Waals surface area contributed by atoms with Crippen LogP contribution in [0.15, 0.2) is 60.9 Å². The summed E-state index contributed by atoms with van der Waals surface area (Å²) in [5.74, 6) is -0.430. The molecule has 0 aliphatic rings. The lowest BCUT2D eigenvalue weighted by Gasteiger charge is -2.15. The molecule has 1 N–H and O–H groups in total. The molecule has 1 amide bonds. The minimum absolute atomic E-state index is 0.107. The van der Waals surface area contributed by atoms with Gasteiger partial charge in [-0.05, 0) is 30.3 Å². The molecule has 0 bridgehead atoms. The molecule has 0 aliphatic heterocycles. The maximum absolute atomic E-state index is 12.7. The number of amides is 1. The zero-order chi connectivity index (χ0) is 19.4. The van der Waals surface area contributed by atoms with Crippen LogP contribution < -0.4 is 14.8 Å². The van der Waals surface area contributed by atoms with E-state index in [2.05, 4.69) is 10.1 Å². The number of alkyl halides is 2. The Labute approximate surface area is 159 Å². The first-order valence-corrected chi connectivity index (χ1v) is 8.23. The van der Waals surface area contributed by atoms with Crippen molar-refractivity contribution in [3.8, 4) is 17.2 Å².